The molecule has 1 aliphatic rings. The van der Waals surface area contributed by atoms with Crippen LogP contribution in [0.2, 0.25) is 0 Å². The minimum Gasteiger partial charge on any atom is -0.375 e. The lowest BCUT2D eigenvalue weighted by Crippen LogP contribution is -2.39. The van der Waals surface area contributed by atoms with E-state index < -0.39 is 35.2 Å². The number of pyridine rings is 1. The Hall–Kier alpha value is -1.87. The number of para-hydroxylation sites is 1. The van der Waals surface area contributed by atoms with Gasteiger partial charge in [-0.25, -0.2) is 4.98 Å². The number of ether oxygens (including phenoxy) is 1. The van der Waals surface area contributed by atoms with Gasteiger partial charge in [-0.3, -0.25) is 0 Å². The maximum absolute atomic E-state index is 13.4. The summed E-state index contributed by atoms with van der Waals surface area (Å²) in [6.45, 7) is 0.674. The molecule has 3 rings (SSSR count). The van der Waals surface area contributed by atoms with E-state index in [-0.39, 0.29) is 17.0 Å². The molecule has 2 atom stereocenters. The molecule has 148 valence electrons. The molecule has 1 aromatic heterocycles. The van der Waals surface area contributed by atoms with Crippen molar-refractivity contribution in [1.29, 1.82) is 0 Å². The molecule has 1 saturated heterocycles. The van der Waals surface area contributed by atoms with E-state index in [2.05, 4.69) is 10.3 Å². The molecule has 1 fully saturated rings. The van der Waals surface area contributed by atoms with E-state index in [0.29, 0.717) is 13.0 Å². The van der Waals surface area contributed by atoms with E-state index in [1.807, 2.05) is 0 Å². The molecule has 0 bridgehead atoms. The normalized spacial score (nSPS) is 20.0. The van der Waals surface area contributed by atoms with Crippen molar-refractivity contribution in [3.8, 4) is 0 Å². The van der Waals surface area contributed by atoms with Gasteiger partial charge in [0.2, 0.25) is 0 Å². The number of nitrogens with one attached hydrogen (secondary N) is 1. The molecule has 1 aliphatic heterocycles. The van der Waals surface area contributed by atoms with Crippen LogP contribution in [0.25, 0.3) is 10.9 Å². The van der Waals surface area contributed by atoms with E-state index in [1.165, 1.54) is 19.2 Å². The van der Waals surface area contributed by atoms with Gasteiger partial charge >= 0.3 is 12.4 Å². The van der Waals surface area contributed by atoms with Crippen molar-refractivity contribution in [2.75, 3.05) is 13.7 Å². The number of hydrogen-bond donors (Lipinski definition) is 1. The average molecular weight is 392 g/mol. The van der Waals surface area contributed by atoms with Gasteiger partial charge in [0.1, 0.15) is 5.69 Å². The van der Waals surface area contributed by atoms with Crippen molar-refractivity contribution >= 4 is 10.9 Å². The third-order valence-electron chi connectivity index (χ3n) is 4.74. The molecule has 2 heterocycles. The van der Waals surface area contributed by atoms with Gasteiger partial charge in [-0.1, -0.05) is 18.6 Å². The summed E-state index contributed by atoms with van der Waals surface area (Å²) in [5.74, 6) is 0. The van der Waals surface area contributed by atoms with Crippen LogP contribution in [-0.2, 0) is 17.1 Å². The quantitative estimate of drug-likeness (QED) is 0.738. The Kier molecular flexibility index (Phi) is 5.36. The third kappa shape index (κ3) is 4.03. The second-order valence-electron chi connectivity index (χ2n) is 6.51. The fourth-order valence-corrected chi connectivity index (χ4v) is 3.53. The lowest BCUT2D eigenvalue weighted by molar-refractivity contribution is -0.142. The number of methoxy groups -OCH3 is 1. The Labute approximate surface area is 151 Å². The van der Waals surface area contributed by atoms with Gasteiger partial charge in [-0.2, -0.15) is 26.3 Å². The van der Waals surface area contributed by atoms with Crippen molar-refractivity contribution in [2.45, 2.75) is 43.8 Å². The Bertz CT molecular complexity index is 812. The summed E-state index contributed by atoms with van der Waals surface area (Å²) in [4.78, 5) is 3.31. The van der Waals surface area contributed by atoms with Crippen LogP contribution in [0.4, 0.5) is 26.3 Å². The number of benzene rings is 1. The minimum atomic E-state index is -4.88. The molecule has 0 aliphatic carbocycles. The van der Waals surface area contributed by atoms with Gasteiger partial charge in [0.25, 0.3) is 0 Å². The van der Waals surface area contributed by atoms with Crippen LogP contribution in [0.3, 0.4) is 0 Å². The number of rotatable bonds is 3. The predicted molar refractivity (Wildman–Crippen MR) is 87.1 cm³/mol. The standard InChI is InChI=1S/C18H18F6N2O/c1-27-16(13-7-2-3-8-25-13)11-9-14(18(22,23)24)26-15-10(11)5-4-6-12(15)17(19,20)21/h4-6,9,13,16,25H,2-3,7-8H2,1H3/t13-,16+/m0/s1. The lowest BCUT2D eigenvalue weighted by Gasteiger charge is -2.31. The second-order valence-corrected chi connectivity index (χ2v) is 6.51. The van der Waals surface area contributed by atoms with Crippen molar-refractivity contribution in [2.24, 2.45) is 0 Å². The number of aromatic nitrogens is 1. The summed E-state index contributed by atoms with van der Waals surface area (Å²) in [6.07, 6.45) is -8.07. The number of hydrogen-bond acceptors (Lipinski definition) is 3. The summed E-state index contributed by atoms with van der Waals surface area (Å²) < 4.78 is 85.5. The highest BCUT2D eigenvalue weighted by Gasteiger charge is 2.39. The molecule has 0 radical (unpaired) electrons. The zero-order valence-electron chi connectivity index (χ0n) is 14.4. The molecular formula is C18H18F6N2O. The number of fused-ring (bicyclic) bond motifs is 1. The fourth-order valence-electron chi connectivity index (χ4n) is 3.53. The fraction of sp³-hybridized carbons (Fsp3) is 0.500. The number of piperidine rings is 1. The minimum absolute atomic E-state index is 0.0112. The van der Waals surface area contributed by atoms with Crippen LogP contribution < -0.4 is 5.32 Å². The zero-order chi connectivity index (χ0) is 19.8. The predicted octanol–water partition coefficient (Wildman–Crippen LogP) is 5.10. The first-order chi connectivity index (χ1) is 12.6. The highest BCUT2D eigenvalue weighted by atomic mass is 19.4. The van der Waals surface area contributed by atoms with Crippen molar-refractivity contribution in [3.63, 3.8) is 0 Å². The monoisotopic (exact) mass is 392 g/mol. The SMILES string of the molecule is CO[C@H](c1cc(C(F)(F)F)nc2c(C(F)(F)F)cccc12)[C@@H]1CCCCN1. The van der Waals surface area contributed by atoms with Crippen LogP contribution in [0, 0.1) is 0 Å². The smallest absolute Gasteiger partial charge is 0.375 e. The first-order valence-corrected chi connectivity index (χ1v) is 8.47. The summed E-state index contributed by atoms with van der Waals surface area (Å²) >= 11 is 0. The van der Waals surface area contributed by atoms with Crippen molar-refractivity contribution in [3.05, 3.63) is 41.1 Å². The molecule has 3 nitrogen and oxygen atoms in total. The molecule has 0 saturated carbocycles. The van der Waals surface area contributed by atoms with Crippen LogP contribution >= 0.6 is 0 Å². The van der Waals surface area contributed by atoms with Gasteiger partial charge in [0.05, 0.1) is 17.2 Å². The number of halogens is 6. The van der Waals surface area contributed by atoms with Crippen LogP contribution in [0.15, 0.2) is 24.3 Å². The van der Waals surface area contributed by atoms with E-state index in [0.717, 1.165) is 25.0 Å². The summed E-state index contributed by atoms with van der Waals surface area (Å²) in [5, 5.41) is 3.20. The van der Waals surface area contributed by atoms with E-state index in [9.17, 15) is 26.3 Å². The van der Waals surface area contributed by atoms with Crippen LogP contribution in [0.1, 0.15) is 42.2 Å². The Morgan fingerprint density at radius 3 is 2.41 bits per heavy atom. The van der Waals surface area contributed by atoms with E-state index in [4.69, 9.17) is 4.74 Å². The van der Waals surface area contributed by atoms with Crippen molar-refractivity contribution < 1.29 is 31.1 Å². The highest BCUT2D eigenvalue weighted by Crippen LogP contribution is 2.40. The Morgan fingerprint density at radius 1 is 1.11 bits per heavy atom. The number of nitrogens with zero attached hydrogens (tertiary/aromatic N) is 1. The van der Waals surface area contributed by atoms with Crippen LogP contribution in [0.5, 0.6) is 0 Å². The summed E-state index contributed by atoms with van der Waals surface area (Å²) in [7, 11) is 1.34. The molecule has 2 aromatic rings. The highest BCUT2D eigenvalue weighted by molar-refractivity contribution is 5.86. The van der Waals surface area contributed by atoms with Crippen LogP contribution in [-0.4, -0.2) is 24.7 Å². The molecule has 0 amide bonds. The third-order valence-corrected chi connectivity index (χ3v) is 4.74. The Morgan fingerprint density at radius 2 is 1.85 bits per heavy atom. The molecular weight excluding hydrogens is 374 g/mol. The van der Waals surface area contributed by atoms with E-state index in [1.54, 1.807) is 0 Å². The topological polar surface area (TPSA) is 34.1 Å². The molecule has 1 aromatic carbocycles. The van der Waals surface area contributed by atoms with Crippen molar-refractivity contribution in [1.82, 2.24) is 10.3 Å². The lowest BCUT2D eigenvalue weighted by atomic mass is 9.91. The maximum Gasteiger partial charge on any atom is 0.433 e. The van der Waals surface area contributed by atoms with Gasteiger partial charge < -0.3 is 10.1 Å². The summed E-state index contributed by atoms with van der Waals surface area (Å²) in [6, 6.07) is 3.77. The molecule has 1 N–H and O–H groups in total. The zero-order valence-corrected chi connectivity index (χ0v) is 14.4. The maximum atomic E-state index is 13.4. The number of alkyl halides is 6. The Balaban J connectivity index is 2.26. The average Bonchev–Trinajstić information content (AvgIpc) is 2.61. The first kappa shape index (κ1) is 19.9. The summed E-state index contributed by atoms with van der Waals surface area (Å²) in [5.41, 5.74) is -3.22. The largest absolute Gasteiger partial charge is 0.433 e. The molecule has 27 heavy (non-hydrogen) atoms. The molecule has 0 spiro atoms. The van der Waals surface area contributed by atoms with Gasteiger partial charge in [-0.05, 0) is 37.1 Å². The van der Waals surface area contributed by atoms with Gasteiger partial charge in [0.15, 0.2) is 0 Å². The van der Waals surface area contributed by atoms with E-state index >= 15 is 0 Å². The molecule has 9 heteroatoms. The van der Waals surface area contributed by atoms with Gasteiger partial charge in [-0.15, -0.1) is 0 Å². The van der Waals surface area contributed by atoms with Gasteiger partial charge in [0, 0.05) is 18.5 Å². The second kappa shape index (κ2) is 7.27. The molecule has 0 unspecified atom stereocenters. The first-order valence-electron chi connectivity index (χ1n) is 8.47.